The molecule has 0 aliphatic carbocycles. The van der Waals surface area contributed by atoms with Crippen LogP contribution in [0.4, 0.5) is 13.2 Å². The van der Waals surface area contributed by atoms with Gasteiger partial charge in [0.1, 0.15) is 0 Å². The van der Waals surface area contributed by atoms with Gasteiger partial charge in [-0.25, -0.2) is 13.6 Å². The summed E-state index contributed by atoms with van der Waals surface area (Å²) in [4.78, 5) is 12.3. The van der Waals surface area contributed by atoms with Crippen LogP contribution < -0.4 is 10.5 Å². The number of nitrogens with one attached hydrogen (secondary N) is 1. The quantitative estimate of drug-likeness (QED) is 0.759. The lowest BCUT2D eigenvalue weighted by Gasteiger charge is -2.24. The van der Waals surface area contributed by atoms with Crippen molar-refractivity contribution >= 4 is 15.9 Å². The number of hydrogen-bond donors (Lipinski definition) is 2. The van der Waals surface area contributed by atoms with Gasteiger partial charge in [0.05, 0.1) is 22.9 Å². The van der Waals surface area contributed by atoms with Crippen LogP contribution >= 0.6 is 0 Å². The van der Waals surface area contributed by atoms with Crippen LogP contribution in [0.15, 0.2) is 53.4 Å². The number of benzene rings is 2. The maximum atomic E-state index is 13.0. The average molecular weight is 414 g/mol. The predicted molar refractivity (Wildman–Crippen MR) is 98.7 cm³/mol. The fraction of sp³-hybridized carbons (Fsp3) is 0.316. The molecule has 0 aromatic heterocycles. The molecule has 2 aromatic carbocycles. The molecule has 2 rings (SSSR count). The second kappa shape index (κ2) is 8.32. The Labute approximate surface area is 161 Å². The molecule has 0 radical (unpaired) electrons. The van der Waals surface area contributed by atoms with Crippen molar-refractivity contribution < 1.29 is 26.4 Å². The second-order valence-corrected chi connectivity index (χ2v) is 8.34. The Morgan fingerprint density at radius 2 is 1.71 bits per heavy atom. The molecule has 2 aromatic rings. The van der Waals surface area contributed by atoms with Gasteiger partial charge >= 0.3 is 6.18 Å². The molecule has 0 heterocycles. The van der Waals surface area contributed by atoms with Gasteiger partial charge in [-0.3, -0.25) is 4.79 Å². The summed E-state index contributed by atoms with van der Waals surface area (Å²) in [6, 6.07) is 9.80. The third kappa shape index (κ3) is 5.80. The minimum atomic E-state index is -4.47. The molecule has 152 valence electrons. The van der Waals surface area contributed by atoms with Gasteiger partial charge in [0.2, 0.25) is 15.9 Å². The maximum absolute atomic E-state index is 13.0. The van der Waals surface area contributed by atoms with Crippen molar-refractivity contribution in [1.82, 2.24) is 5.32 Å². The Morgan fingerprint density at radius 1 is 1.11 bits per heavy atom. The molecule has 1 amide bonds. The van der Waals surface area contributed by atoms with Crippen molar-refractivity contribution in [3.63, 3.8) is 0 Å². The van der Waals surface area contributed by atoms with Crippen LogP contribution in [0.2, 0.25) is 0 Å². The minimum Gasteiger partial charge on any atom is -0.349 e. The molecule has 0 spiro atoms. The standard InChI is InChI=1S/C19H21F3N2O3S/c1-12(2)18(14-4-3-5-15(11-14)19(20,21)22)24-17(25)10-13-6-8-16(9-7-13)28(23,26)27/h3-9,11-12,18H,10H2,1-2H3,(H,24,25)(H2,23,26,27). The Kier molecular flexibility index (Phi) is 6.51. The van der Waals surface area contributed by atoms with Crippen molar-refractivity contribution in [2.24, 2.45) is 11.1 Å². The number of nitrogens with two attached hydrogens (primary N) is 1. The Morgan fingerprint density at radius 3 is 2.21 bits per heavy atom. The summed E-state index contributed by atoms with van der Waals surface area (Å²) in [5.41, 5.74) is 0.141. The molecule has 0 saturated carbocycles. The van der Waals surface area contributed by atoms with Gasteiger partial charge in [0.25, 0.3) is 0 Å². The first-order valence-electron chi connectivity index (χ1n) is 8.46. The fourth-order valence-corrected chi connectivity index (χ4v) is 3.27. The highest BCUT2D eigenvalue weighted by molar-refractivity contribution is 7.89. The number of amides is 1. The third-order valence-electron chi connectivity index (χ3n) is 4.17. The molecule has 3 N–H and O–H groups in total. The number of hydrogen-bond acceptors (Lipinski definition) is 3. The first-order valence-corrected chi connectivity index (χ1v) is 10.0. The van der Waals surface area contributed by atoms with Crippen LogP contribution in [-0.2, 0) is 27.4 Å². The smallest absolute Gasteiger partial charge is 0.349 e. The van der Waals surface area contributed by atoms with E-state index >= 15 is 0 Å². The molecule has 5 nitrogen and oxygen atoms in total. The second-order valence-electron chi connectivity index (χ2n) is 6.78. The highest BCUT2D eigenvalue weighted by Crippen LogP contribution is 2.32. The Balaban J connectivity index is 2.15. The van der Waals surface area contributed by atoms with Crippen LogP contribution in [0.3, 0.4) is 0 Å². The van der Waals surface area contributed by atoms with Gasteiger partial charge in [-0.1, -0.05) is 38.1 Å². The lowest BCUT2D eigenvalue weighted by molar-refractivity contribution is -0.137. The van der Waals surface area contributed by atoms with Crippen LogP contribution in [-0.4, -0.2) is 14.3 Å². The molecule has 0 aliphatic heterocycles. The van der Waals surface area contributed by atoms with Crippen LogP contribution in [0.5, 0.6) is 0 Å². The van der Waals surface area contributed by atoms with E-state index in [1.54, 1.807) is 19.9 Å². The molecule has 1 atom stereocenters. The largest absolute Gasteiger partial charge is 0.416 e. The number of primary sulfonamides is 1. The first-order chi connectivity index (χ1) is 12.9. The van der Waals surface area contributed by atoms with Gasteiger partial charge in [-0.15, -0.1) is 0 Å². The van der Waals surface area contributed by atoms with E-state index in [9.17, 15) is 26.4 Å². The highest BCUT2D eigenvalue weighted by Gasteiger charge is 2.31. The van der Waals surface area contributed by atoms with Crippen molar-refractivity contribution in [2.75, 3.05) is 0 Å². The zero-order valence-corrected chi connectivity index (χ0v) is 16.1. The summed E-state index contributed by atoms with van der Waals surface area (Å²) in [6.45, 7) is 3.60. The number of rotatable bonds is 6. The van der Waals surface area contributed by atoms with E-state index in [1.165, 1.54) is 30.3 Å². The summed E-state index contributed by atoms with van der Waals surface area (Å²) in [5.74, 6) is -0.531. The Hall–Kier alpha value is -2.39. The molecule has 1 unspecified atom stereocenters. The topological polar surface area (TPSA) is 89.3 Å². The first kappa shape index (κ1) is 21.9. The lowest BCUT2D eigenvalue weighted by Crippen LogP contribution is -2.33. The molecule has 28 heavy (non-hydrogen) atoms. The van der Waals surface area contributed by atoms with Crippen LogP contribution in [0.25, 0.3) is 0 Å². The monoisotopic (exact) mass is 414 g/mol. The fourth-order valence-electron chi connectivity index (χ4n) is 2.75. The van der Waals surface area contributed by atoms with E-state index in [1.807, 2.05) is 0 Å². The highest BCUT2D eigenvalue weighted by atomic mass is 32.2. The van der Waals surface area contributed by atoms with Crippen molar-refractivity contribution in [1.29, 1.82) is 0 Å². The SMILES string of the molecule is CC(C)C(NC(=O)Cc1ccc(S(N)(=O)=O)cc1)c1cccc(C(F)(F)F)c1. The van der Waals surface area contributed by atoms with Gasteiger partial charge in [0, 0.05) is 0 Å². The summed E-state index contributed by atoms with van der Waals surface area (Å²) >= 11 is 0. The zero-order chi connectivity index (χ0) is 21.1. The van der Waals surface area contributed by atoms with E-state index in [0.717, 1.165) is 12.1 Å². The Bertz CT molecular complexity index is 940. The van der Waals surface area contributed by atoms with Gasteiger partial charge in [-0.2, -0.15) is 13.2 Å². The average Bonchev–Trinajstić information content (AvgIpc) is 2.58. The van der Waals surface area contributed by atoms with E-state index in [0.29, 0.717) is 11.1 Å². The van der Waals surface area contributed by atoms with Crippen LogP contribution in [0, 0.1) is 5.92 Å². The maximum Gasteiger partial charge on any atom is 0.416 e. The minimum absolute atomic E-state index is 0.0485. The molecule has 0 aliphatic rings. The molecular formula is C19H21F3N2O3S. The summed E-state index contributed by atoms with van der Waals surface area (Å²) in [7, 11) is -3.82. The van der Waals surface area contributed by atoms with Crippen molar-refractivity contribution in [3.05, 3.63) is 65.2 Å². The zero-order valence-electron chi connectivity index (χ0n) is 15.3. The lowest BCUT2D eigenvalue weighted by atomic mass is 9.94. The summed E-state index contributed by atoms with van der Waals surface area (Å²) in [5, 5.41) is 7.78. The van der Waals surface area contributed by atoms with E-state index in [-0.39, 0.29) is 23.1 Å². The molecule has 9 heteroatoms. The van der Waals surface area contributed by atoms with Crippen LogP contribution in [0.1, 0.15) is 36.6 Å². The molecule has 0 bridgehead atoms. The predicted octanol–water partition coefficient (Wildman–Crippen LogP) is 3.41. The number of carbonyl (C=O) groups is 1. The molecule has 0 saturated heterocycles. The molecule has 0 fully saturated rings. The van der Waals surface area contributed by atoms with E-state index in [4.69, 9.17) is 5.14 Å². The van der Waals surface area contributed by atoms with Gasteiger partial charge in [-0.05, 0) is 41.3 Å². The van der Waals surface area contributed by atoms with Crippen molar-refractivity contribution in [3.8, 4) is 0 Å². The molecular weight excluding hydrogens is 393 g/mol. The van der Waals surface area contributed by atoms with Gasteiger partial charge < -0.3 is 5.32 Å². The number of alkyl halides is 3. The summed E-state index contributed by atoms with van der Waals surface area (Å²) in [6.07, 6.45) is -4.51. The number of sulfonamides is 1. The number of carbonyl (C=O) groups excluding carboxylic acids is 1. The van der Waals surface area contributed by atoms with E-state index < -0.39 is 27.8 Å². The van der Waals surface area contributed by atoms with E-state index in [2.05, 4.69) is 5.32 Å². The third-order valence-corrected chi connectivity index (χ3v) is 5.10. The normalized spacial score (nSPS) is 13.4. The number of halogens is 3. The van der Waals surface area contributed by atoms with Gasteiger partial charge in [0.15, 0.2) is 0 Å². The van der Waals surface area contributed by atoms with Crippen molar-refractivity contribution in [2.45, 2.75) is 37.4 Å². The summed E-state index contributed by atoms with van der Waals surface area (Å²) < 4.78 is 61.4.